The molecule has 0 aliphatic carbocycles. The fraction of sp³-hybridized carbons (Fsp3) is 1.00. The first kappa shape index (κ1) is 14.7. The number of alkyl halides is 4. The van der Waals surface area contributed by atoms with Crippen LogP contribution >= 0.6 is 0 Å². The molecule has 0 radical (unpaired) electrons. The molecule has 1 fully saturated rings. The number of hydrogen-bond donors (Lipinski definition) is 0. The molecule has 17 heavy (non-hydrogen) atoms. The summed E-state index contributed by atoms with van der Waals surface area (Å²) in [5, 5.41) is 0. The van der Waals surface area contributed by atoms with Crippen LogP contribution < -0.4 is 0 Å². The van der Waals surface area contributed by atoms with Gasteiger partial charge in [0.2, 0.25) is 0 Å². The van der Waals surface area contributed by atoms with Crippen molar-refractivity contribution in [3.05, 3.63) is 0 Å². The fourth-order valence-electron chi connectivity index (χ4n) is 2.61. The van der Waals surface area contributed by atoms with E-state index in [0.717, 1.165) is 0 Å². The minimum Gasteiger partial charge on any atom is -0.288 e. The van der Waals surface area contributed by atoms with E-state index < -0.39 is 18.4 Å². The van der Waals surface area contributed by atoms with Crippen LogP contribution in [0.25, 0.3) is 0 Å². The van der Waals surface area contributed by atoms with Gasteiger partial charge >= 0.3 is 6.18 Å². The Morgan fingerprint density at radius 1 is 1.24 bits per heavy atom. The summed E-state index contributed by atoms with van der Waals surface area (Å²) in [5.74, 6) is 0. The summed E-state index contributed by atoms with van der Waals surface area (Å²) in [6.07, 6.45) is -3.45. The molecule has 1 heterocycles. The lowest BCUT2D eigenvalue weighted by molar-refractivity contribution is -0.166. The van der Waals surface area contributed by atoms with Gasteiger partial charge in [0.1, 0.15) is 5.67 Å². The summed E-state index contributed by atoms with van der Waals surface area (Å²) in [7, 11) is 0. The SMILES string of the molecule is CC1(F)CCC(C(C)(C)C)N(CC(F)(F)F)C1. The zero-order chi connectivity index (χ0) is 13.5. The van der Waals surface area contributed by atoms with Crippen molar-refractivity contribution >= 4 is 0 Å². The van der Waals surface area contributed by atoms with Crippen LogP contribution in [0.3, 0.4) is 0 Å². The van der Waals surface area contributed by atoms with Crippen LogP contribution in [-0.4, -0.2) is 35.9 Å². The third kappa shape index (κ3) is 4.45. The number of hydrogen-bond acceptors (Lipinski definition) is 1. The summed E-state index contributed by atoms with van der Waals surface area (Å²) in [6, 6.07) is -0.215. The monoisotopic (exact) mass is 255 g/mol. The van der Waals surface area contributed by atoms with Crippen LogP contribution in [0.2, 0.25) is 0 Å². The number of rotatable bonds is 1. The van der Waals surface area contributed by atoms with Gasteiger partial charge < -0.3 is 0 Å². The molecule has 5 heteroatoms. The van der Waals surface area contributed by atoms with E-state index in [0.29, 0.717) is 12.8 Å². The maximum atomic E-state index is 13.8. The van der Waals surface area contributed by atoms with Crippen molar-refractivity contribution in [2.45, 2.75) is 58.4 Å². The van der Waals surface area contributed by atoms with E-state index in [-0.39, 0.29) is 18.0 Å². The molecule has 1 aliphatic heterocycles. The van der Waals surface area contributed by atoms with Gasteiger partial charge in [0.15, 0.2) is 0 Å². The predicted octanol–water partition coefficient (Wildman–Crippen LogP) is 3.79. The second kappa shape index (κ2) is 4.41. The summed E-state index contributed by atoms with van der Waals surface area (Å²) in [5.41, 5.74) is -1.77. The van der Waals surface area contributed by atoms with Gasteiger partial charge in [0.25, 0.3) is 0 Å². The molecule has 0 N–H and O–H groups in total. The molecule has 102 valence electrons. The fourth-order valence-corrected chi connectivity index (χ4v) is 2.61. The molecular weight excluding hydrogens is 234 g/mol. The molecule has 0 saturated carbocycles. The minimum atomic E-state index is -4.27. The van der Waals surface area contributed by atoms with Crippen molar-refractivity contribution in [3.63, 3.8) is 0 Å². The Hall–Kier alpha value is -0.320. The summed E-state index contributed by atoms with van der Waals surface area (Å²) >= 11 is 0. The maximum Gasteiger partial charge on any atom is 0.401 e. The Labute approximate surface area is 100 Å². The summed E-state index contributed by atoms with van der Waals surface area (Å²) in [6.45, 7) is 5.95. The smallest absolute Gasteiger partial charge is 0.288 e. The second-order valence-corrected chi connectivity index (χ2v) is 6.35. The van der Waals surface area contributed by atoms with E-state index in [1.807, 2.05) is 20.8 Å². The van der Waals surface area contributed by atoms with E-state index in [4.69, 9.17) is 0 Å². The highest BCUT2D eigenvalue weighted by Gasteiger charge is 2.44. The normalized spacial score (nSPS) is 32.8. The van der Waals surface area contributed by atoms with Crippen LogP contribution in [0.4, 0.5) is 17.6 Å². The van der Waals surface area contributed by atoms with Crippen LogP contribution in [0.5, 0.6) is 0 Å². The quantitative estimate of drug-likeness (QED) is 0.644. The lowest BCUT2D eigenvalue weighted by Gasteiger charge is -2.47. The Morgan fingerprint density at radius 3 is 2.18 bits per heavy atom. The minimum absolute atomic E-state index is 0.131. The molecule has 1 saturated heterocycles. The summed E-state index contributed by atoms with van der Waals surface area (Å²) in [4.78, 5) is 1.25. The largest absolute Gasteiger partial charge is 0.401 e. The first-order chi connectivity index (χ1) is 7.41. The highest BCUT2D eigenvalue weighted by Crippen LogP contribution is 2.38. The van der Waals surface area contributed by atoms with Crippen LogP contribution in [0.15, 0.2) is 0 Å². The van der Waals surface area contributed by atoms with E-state index >= 15 is 0 Å². The second-order valence-electron chi connectivity index (χ2n) is 6.35. The number of halogens is 4. The Bertz CT molecular complexity index is 263. The molecule has 0 aromatic carbocycles. The van der Waals surface area contributed by atoms with E-state index in [2.05, 4.69) is 0 Å². The standard InChI is InChI=1S/C12H21F4N/c1-10(2,3)9-5-6-11(4,13)7-17(9)8-12(14,15)16/h9H,5-8H2,1-4H3. The predicted molar refractivity (Wildman–Crippen MR) is 59.6 cm³/mol. The molecule has 0 aromatic rings. The Balaban J connectivity index is 2.83. The van der Waals surface area contributed by atoms with Gasteiger partial charge in [-0.25, -0.2) is 4.39 Å². The van der Waals surface area contributed by atoms with E-state index in [1.165, 1.54) is 11.8 Å². The lowest BCUT2D eigenvalue weighted by Crippen LogP contribution is -2.56. The van der Waals surface area contributed by atoms with Crippen molar-refractivity contribution < 1.29 is 17.6 Å². The molecule has 0 aromatic heterocycles. The summed E-state index contributed by atoms with van der Waals surface area (Å²) < 4.78 is 51.3. The zero-order valence-corrected chi connectivity index (χ0v) is 10.9. The van der Waals surface area contributed by atoms with Gasteiger partial charge in [-0.2, -0.15) is 13.2 Å². The average molecular weight is 255 g/mol. The molecule has 0 bridgehead atoms. The Morgan fingerprint density at radius 2 is 1.76 bits per heavy atom. The topological polar surface area (TPSA) is 3.24 Å². The van der Waals surface area contributed by atoms with Gasteiger partial charge in [-0.05, 0) is 25.2 Å². The molecular formula is C12H21F4N. The van der Waals surface area contributed by atoms with Crippen LogP contribution in [-0.2, 0) is 0 Å². The Kier molecular flexibility index (Phi) is 3.82. The lowest BCUT2D eigenvalue weighted by atomic mass is 9.78. The average Bonchev–Trinajstić information content (AvgIpc) is 1.94. The molecule has 0 amide bonds. The maximum absolute atomic E-state index is 13.8. The molecule has 1 rings (SSSR count). The van der Waals surface area contributed by atoms with Crippen molar-refractivity contribution in [2.24, 2.45) is 5.41 Å². The van der Waals surface area contributed by atoms with Crippen molar-refractivity contribution in [1.29, 1.82) is 0 Å². The number of piperidine rings is 1. The number of likely N-dealkylation sites (tertiary alicyclic amines) is 1. The van der Waals surface area contributed by atoms with Crippen molar-refractivity contribution in [1.82, 2.24) is 4.90 Å². The van der Waals surface area contributed by atoms with Gasteiger partial charge in [-0.1, -0.05) is 20.8 Å². The van der Waals surface area contributed by atoms with Gasteiger partial charge in [0, 0.05) is 12.6 Å². The van der Waals surface area contributed by atoms with Crippen molar-refractivity contribution in [2.75, 3.05) is 13.1 Å². The third-order valence-corrected chi connectivity index (χ3v) is 3.29. The zero-order valence-electron chi connectivity index (χ0n) is 10.9. The first-order valence-corrected chi connectivity index (χ1v) is 5.90. The van der Waals surface area contributed by atoms with Crippen LogP contribution in [0.1, 0.15) is 40.5 Å². The van der Waals surface area contributed by atoms with Crippen molar-refractivity contribution in [3.8, 4) is 0 Å². The van der Waals surface area contributed by atoms with Gasteiger partial charge in [0.05, 0.1) is 6.54 Å². The van der Waals surface area contributed by atoms with Gasteiger partial charge in [-0.15, -0.1) is 0 Å². The highest BCUT2D eigenvalue weighted by atomic mass is 19.4. The first-order valence-electron chi connectivity index (χ1n) is 5.90. The van der Waals surface area contributed by atoms with Crippen LogP contribution in [0, 0.1) is 5.41 Å². The highest BCUT2D eigenvalue weighted by molar-refractivity contribution is 4.94. The molecule has 1 nitrogen and oxygen atoms in total. The van der Waals surface area contributed by atoms with Gasteiger partial charge in [-0.3, -0.25) is 4.90 Å². The number of nitrogens with zero attached hydrogens (tertiary/aromatic N) is 1. The molecule has 0 spiro atoms. The van der Waals surface area contributed by atoms with E-state index in [1.54, 1.807) is 0 Å². The molecule has 2 unspecified atom stereocenters. The van der Waals surface area contributed by atoms with E-state index in [9.17, 15) is 17.6 Å². The molecule has 1 aliphatic rings. The third-order valence-electron chi connectivity index (χ3n) is 3.29. The molecule has 2 atom stereocenters.